The van der Waals surface area contributed by atoms with Crippen LogP contribution in [-0.4, -0.2) is 7.11 Å². The van der Waals surface area contributed by atoms with Gasteiger partial charge in [-0.1, -0.05) is 42.5 Å². The van der Waals surface area contributed by atoms with Crippen LogP contribution in [-0.2, 0) is 6.18 Å². The molecular weight excluding hydrogens is 504 g/mol. The predicted molar refractivity (Wildman–Crippen MR) is 124 cm³/mol. The Morgan fingerprint density at radius 3 is 1.65 bits per heavy atom. The maximum absolute atomic E-state index is 15.2. The van der Waals surface area contributed by atoms with E-state index in [2.05, 4.69) is 0 Å². The third-order valence-corrected chi connectivity index (χ3v) is 6.16. The van der Waals surface area contributed by atoms with E-state index >= 15 is 8.78 Å². The summed E-state index contributed by atoms with van der Waals surface area (Å²) in [4.78, 5) is 0. The summed E-state index contributed by atoms with van der Waals surface area (Å²) in [5.74, 6) is -9.94. The summed E-state index contributed by atoms with van der Waals surface area (Å²) in [5.41, 5.74) is -3.42. The Balaban J connectivity index is 1.99. The van der Waals surface area contributed by atoms with Gasteiger partial charge in [-0.3, -0.25) is 0 Å². The average molecular weight is 518 g/mol. The van der Waals surface area contributed by atoms with Gasteiger partial charge in [-0.05, 0) is 56.9 Å². The Hall–Kier alpha value is -4.14. The summed E-state index contributed by atoms with van der Waals surface area (Å²) in [7, 11) is 1.47. The number of hydrogen-bond donors (Lipinski definition) is 0. The van der Waals surface area contributed by atoms with Gasteiger partial charge in [0.25, 0.3) is 0 Å². The fourth-order valence-corrected chi connectivity index (χ4v) is 4.59. The second-order valence-electron chi connectivity index (χ2n) is 8.22. The van der Waals surface area contributed by atoms with E-state index in [1.54, 1.807) is 36.4 Å². The highest BCUT2D eigenvalue weighted by Gasteiger charge is 2.43. The van der Waals surface area contributed by atoms with Crippen molar-refractivity contribution >= 4 is 21.5 Å². The second kappa shape index (κ2) is 8.76. The minimum Gasteiger partial charge on any atom is -0.497 e. The monoisotopic (exact) mass is 518 g/mol. The third-order valence-electron chi connectivity index (χ3n) is 6.16. The first-order valence-corrected chi connectivity index (χ1v) is 10.8. The number of methoxy groups -OCH3 is 1. The number of benzene rings is 5. The molecule has 0 aromatic heterocycles. The minimum atomic E-state index is -5.69. The fraction of sp³-hybridized carbons (Fsp3) is 0.0714. The molecule has 0 aliphatic heterocycles. The quantitative estimate of drug-likeness (QED) is 0.132. The van der Waals surface area contributed by atoms with Gasteiger partial charge in [0.1, 0.15) is 17.1 Å². The van der Waals surface area contributed by atoms with Crippen molar-refractivity contribution in [1.82, 2.24) is 0 Å². The van der Waals surface area contributed by atoms with E-state index in [1.807, 2.05) is 0 Å². The largest absolute Gasteiger partial charge is 0.497 e. The molecule has 5 aromatic rings. The molecule has 9 heteroatoms. The first kappa shape index (κ1) is 24.5. The summed E-state index contributed by atoms with van der Waals surface area (Å²) < 4.78 is 119. The van der Waals surface area contributed by atoms with Crippen molar-refractivity contribution in [3.8, 4) is 28.0 Å². The molecule has 0 spiro atoms. The maximum Gasteiger partial charge on any atom is 0.422 e. The number of ether oxygens (including phenoxy) is 1. The smallest absolute Gasteiger partial charge is 0.422 e. The van der Waals surface area contributed by atoms with Crippen LogP contribution < -0.4 is 4.74 Å². The number of hydrogen-bond acceptors (Lipinski definition) is 1. The lowest BCUT2D eigenvalue weighted by Crippen LogP contribution is -2.16. The van der Waals surface area contributed by atoms with Crippen molar-refractivity contribution in [2.75, 3.05) is 7.11 Å². The Bertz CT molecular complexity index is 1660. The molecule has 0 radical (unpaired) electrons. The first-order chi connectivity index (χ1) is 17.5. The van der Waals surface area contributed by atoms with Crippen LogP contribution in [0.4, 0.5) is 35.1 Å². The topological polar surface area (TPSA) is 9.23 Å². The molecular formula is C28H14F8O. The fourth-order valence-electron chi connectivity index (χ4n) is 4.59. The molecule has 0 amide bonds. The van der Waals surface area contributed by atoms with E-state index in [0.717, 1.165) is 12.1 Å². The highest BCUT2D eigenvalue weighted by atomic mass is 19.4. The first-order valence-electron chi connectivity index (χ1n) is 10.8. The Morgan fingerprint density at radius 2 is 1.11 bits per heavy atom. The lowest BCUT2D eigenvalue weighted by atomic mass is 9.85. The van der Waals surface area contributed by atoms with Crippen LogP contribution in [0.5, 0.6) is 5.75 Å². The molecule has 5 rings (SSSR count). The standard InChI is InChI=1S/C28H14F8O/c1-37-15-9-6-13(7-10-15)20-16-4-2-3-5-17(16)21(19-12-14(29)8-11-18(19)20)22-24(30)26(32)23(28(34,35)36)27(33)25(22)31/h2-12H,1H3. The molecule has 0 fully saturated rings. The number of alkyl halides is 3. The van der Waals surface area contributed by atoms with E-state index < -0.39 is 52.0 Å². The molecule has 0 saturated carbocycles. The molecule has 0 N–H and O–H groups in total. The second-order valence-corrected chi connectivity index (χ2v) is 8.22. The minimum absolute atomic E-state index is 0.0442. The van der Waals surface area contributed by atoms with Gasteiger partial charge in [0.15, 0.2) is 23.3 Å². The molecule has 0 saturated heterocycles. The van der Waals surface area contributed by atoms with Crippen LogP contribution in [0.15, 0.2) is 66.7 Å². The van der Waals surface area contributed by atoms with Crippen molar-refractivity contribution < 1.29 is 39.9 Å². The summed E-state index contributed by atoms with van der Waals surface area (Å²) in [6, 6.07) is 16.1. The van der Waals surface area contributed by atoms with Crippen LogP contribution in [0.3, 0.4) is 0 Å². The van der Waals surface area contributed by atoms with E-state index in [-0.39, 0.29) is 16.2 Å². The van der Waals surface area contributed by atoms with Crippen molar-refractivity contribution in [3.63, 3.8) is 0 Å². The molecule has 5 aromatic carbocycles. The predicted octanol–water partition coefficient (Wildman–Crippen LogP) is 9.05. The van der Waals surface area contributed by atoms with Crippen molar-refractivity contribution in [1.29, 1.82) is 0 Å². The van der Waals surface area contributed by atoms with Gasteiger partial charge in [-0.15, -0.1) is 0 Å². The highest BCUT2D eigenvalue weighted by molar-refractivity contribution is 6.21. The average Bonchev–Trinajstić information content (AvgIpc) is 2.86. The van der Waals surface area contributed by atoms with E-state index in [1.165, 1.54) is 25.3 Å². The van der Waals surface area contributed by atoms with Gasteiger partial charge in [-0.2, -0.15) is 13.2 Å². The van der Waals surface area contributed by atoms with E-state index in [0.29, 0.717) is 22.3 Å². The summed E-state index contributed by atoms with van der Waals surface area (Å²) in [6.45, 7) is 0. The van der Waals surface area contributed by atoms with Gasteiger partial charge in [0.2, 0.25) is 0 Å². The van der Waals surface area contributed by atoms with Crippen LogP contribution in [0.1, 0.15) is 5.56 Å². The lowest BCUT2D eigenvalue weighted by molar-refractivity contribution is -0.143. The lowest BCUT2D eigenvalue weighted by Gasteiger charge is -2.20. The number of halogens is 8. The zero-order valence-electron chi connectivity index (χ0n) is 18.8. The normalized spacial score (nSPS) is 11.9. The molecule has 37 heavy (non-hydrogen) atoms. The van der Waals surface area contributed by atoms with Gasteiger partial charge in [0, 0.05) is 5.56 Å². The summed E-state index contributed by atoms with van der Waals surface area (Å²) in [5, 5.41) is 0.504. The Labute approximate surface area is 204 Å². The van der Waals surface area contributed by atoms with Gasteiger partial charge in [0.05, 0.1) is 12.7 Å². The molecule has 0 aliphatic carbocycles. The maximum atomic E-state index is 15.2. The van der Waals surface area contributed by atoms with Crippen LogP contribution >= 0.6 is 0 Å². The molecule has 188 valence electrons. The van der Waals surface area contributed by atoms with Crippen LogP contribution in [0.25, 0.3) is 43.8 Å². The van der Waals surface area contributed by atoms with Gasteiger partial charge < -0.3 is 4.74 Å². The molecule has 0 aliphatic rings. The van der Waals surface area contributed by atoms with Crippen LogP contribution in [0, 0.1) is 29.1 Å². The van der Waals surface area contributed by atoms with Crippen molar-refractivity contribution in [2.45, 2.75) is 6.18 Å². The molecule has 0 unspecified atom stereocenters. The number of fused-ring (bicyclic) bond motifs is 2. The van der Waals surface area contributed by atoms with E-state index in [4.69, 9.17) is 4.74 Å². The third kappa shape index (κ3) is 3.85. The molecule has 0 heterocycles. The Morgan fingerprint density at radius 1 is 0.568 bits per heavy atom. The van der Waals surface area contributed by atoms with Gasteiger partial charge >= 0.3 is 6.18 Å². The van der Waals surface area contributed by atoms with Gasteiger partial charge in [-0.25, -0.2) is 22.0 Å². The summed E-state index contributed by atoms with van der Waals surface area (Å²) in [6.07, 6.45) is -5.69. The zero-order chi connectivity index (χ0) is 26.6. The summed E-state index contributed by atoms with van der Waals surface area (Å²) >= 11 is 0. The highest BCUT2D eigenvalue weighted by Crippen LogP contribution is 2.47. The van der Waals surface area contributed by atoms with Crippen molar-refractivity contribution in [2.24, 2.45) is 0 Å². The van der Waals surface area contributed by atoms with Crippen molar-refractivity contribution in [3.05, 3.63) is 101 Å². The molecule has 0 bridgehead atoms. The van der Waals surface area contributed by atoms with Crippen LogP contribution in [0.2, 0.25) is 0 Å². The zero-order valence-corrected chi connectivity index (χ0v) is 18.8. The molecule has 1 nitrogen and oxygen atoms in total. The van der Waals surface area contributed by atoms with E-state index in [9.17, 15) is 26.3 Å². The SMILES string of the molecule is COc1ccc(-c2c3ccccc3c(-c3c(F)c(F)c(C(F)(F)F)c(F)c3F)c3cc(F)ccc23)cc1. The number of rotatable bonds is 3. The Kier molecular flexibility index (Phi) is 5.81. The molecule has 0 atom stereocenters.